The van der Waals surface area contributed by atoms with E-state index in [1.165, 1.54) is 42.1 Å². The highest BCUT2D eigenvalue weighted by Gasteiger charge is 2.22. The zero-order valence-corrected chi connectivity index (χ0v) is 16.0. The first-order valence-corrected chi connectivity index (χ1v) is 9.88. The summed E-state index contributed by atoms with van der Waals surface area (Å²) in [5.41, 5.74) is 0.864. The number of rotatable bonds is 8. The second-order valence-electron chi connectivity index (χ2n) is 6.21. The Bertz CT molecular complexity index is 841. The van der Waals surface area contributed by atoms with Gasteiger partial charge >= 0.3 is 0 Å². The van der Waals surface area contributed by atoms with Crippen LogP contribution < -0.4 is 5.32 Å². The van der Waals surface area contributed by atoms with Crippen LogP contribution in [0.2, 0.25) is 0 Å². The van der Waals surface area contributed by atoms with E-state index in [1.807, 2.05) is 6.92 Å². The van der Waals surface area contributed by atoms with E-state index in [0.717, 1.165) is 6.42 Å². The Labute approximate surface area is 154 Å². The summed E-state index contributed by atoms with van der Waals surface area (Å²) in [6, 6.07) is 6.05. The molecular weight excluding hydrogens is 352 g/mol. The van der Waals surface area contributed by atoms with E-state index < -0.39 is 10.0 Å². The van der Waals surface area contributed by atoms with Crippen LogP contribution in [0.1, 0.15) is 36.3 Å². The molecule has 0 aliphatic rings. The normalized spacial score (nSPS) is 12.8. The predicted octanol–water partition coefficient (Wildman–Crippen LogP) is 2.07. The van der Waals surface area contributed by atoms with Crippen molar-refractivity contribution in [1.29, 1.82) is 0 Å². The summed E-state index contributed by atoms with van der Waals surface area (Å²) in [7, 11) is -2.27. The van der Waals surface area contributed by atoms with Crippen molar-refractivity contribution < 1.29 is 13.2 Å². The number of carbonyl (C=O) groups is 1. The topological polar surface area (TPSA) is 92.3 Å². The lowest BCUT2D eigenvalue weighted by molar-refractivity contribution is 0.0947. The predicted molar refractivity (Wildman–Crippen MR) is 98.9 cm³/mol. The summed E-state index contributed by atoms with van der Waals surface area (Å²) in [4.78, 5) is 20.4. The highest BCUT2D eigenvalue weighted by atomic mass is 32.2. The molecule has 8 heteroatoms. The van der Waals surface area contributed by atoms with E-state index in [1.54, 1.807) is 12.1 Å². The second kappa shape index (κ2) is 8.86. The van der Waals surface area contributed by atoms with Crippen LogP contribution in [0.3, 0.4) is 0 Å². The monoisotopic (exact) mass is 376 g/mol. The number of nitrogens with zero attached hydrogens (tertiary/aromatic N) is 3. The molecule has 7 nitrogen and oxygen atoms in total. The van der Waals surface area contributed by atoms with Crippen molar-refractivity contribution in [2.45, 2.75) is 31.7 Å². The minimum atomic E-state index is -3.74. The molecule has 1 unspecified atom stereocenters. The van der Waals surface area contributed by atoms with Gasteiger partial charge in [0.25, 0.3) is 5.91 Å². The van der Waals surface area contributed by atoms with Gasteiger partial charge < -0.3 is 5.32 Å². The SMILES string of the molecule is CCC(C)CNC(=O)c1cccc(S(=O)(=O)N(C)Cc2cnccn2)c1. The molecule has 0 saturated carbocycles. The highest BCUT2D eigenvalue weighted by Crippen LogP contribution is 2.17. The number of benzene rings is 1. The summed E-state index contributed by atoms with van der Waals surface area (Å²) >= 11 is 0. The van der Waals surface area contributed by atoms with E-state index in [4.69, 9.17) is 0 Å². The van der Waals surface area contributed by atoms with E-state index in [2.05, 4.69) is 22.2 Å². The first-order chi connectivity index (χ1) is 12.3. The van der Waals surface area contributed by atoms with Gasteiger partial charge in [0.15, 0.2) is 0 Å². The maximum absolute atomic E-state index is 12.8. The fourth-order valence-electron chi connectivity index (χ4n) is 2.22. The van der Waals surface area contributed by atoms with E-state index in [0.29, 0.717) is 23.7 Å². The Morgan fingerprint density at radius 1 is 1.31 bits per heavy atom. The molecule has 0 spiro atoms. The minimum Gasteiger partial charge on any atom is -0.352 e. The van der Waals surface area contributed by atoms with Crippen LogP contribution in [0.5, 0.6) is 0 Å². The van der Waals surface area contributed by atoms with Crippen molar-refractivity contribution in [2.75, 3.05) is 13.6 Å². The molecule has 0 aliphatic carbocycles. The van der Waals surface area contributed by atoms with Crippen LogP contribution in [0.25, 0.3) is 0 Å². The number of aromatic nitrogens is 2. The average molecular weight is 376 g/mol. The Kier molecular flexibility index (Phi) is 6.82. The van der Waals surface area contributed by atoms with Gasteiger partial charge in [-0.25, -0.2) is 8.42 Å². The molecule has 1 N–H and O–H groups in total. The standard InChI is InChI=1S/C18H24N4O3S/c1-4-14(2)11-21-18(23)15-6-5-7-17(10-15)26(24,25)22(3)13-16-12-19-8-9-20-16/h5-10,12,14H,4,11,13H2,1-3H3,(H,21,23). The summed E-state index contributed by atoms with van der Waals surface area (Å²) in [5, 5.41) is 2.83. The van der Waals surface area contributed by atoms with Gasteiger partial charge in [-0.3, -0.25) is 14.8 Å². The number of carbonyl (C=O) groups excluding carboxylic acids is 1. The van der Waals surface area contributed by atoms with Crippen LogP contribution in [-0.4, -0.2) is 42.2 Å². The molecule has 0 aliphatic heterocycles. The molecule has 2 aromatic rings. The largest absolute Gasteiger partial charge is 0.352 e. The summed E-state index contributed by atoms with van der Waals surface area (Å²) < 4.78 is 26.7. The van der Waals surface area contributed by atoms with Gasteiger partial charge in [0, 0.05) is 37.7 Å². The molecule has 1 aromatic carbocycles. The van der Waals surface area contributed by atoms with E-state index in [9.17, 15) is 13.2 Å². The molecule has 2 rings (SSSR count). The lowest BCUT2D eigenvalue weighted by Gasteiger charge is -2.17. The lowest BCUT2D eigenvalue weighted by atomic mass is 10.1. The highest BCUT2D eigenvalue weighted by molar-refractivity contribution is 7.89. The third kappa shape index (κ3) is 5.09. The fourth-order valence-corrected chi connectivity index (χ4v) is 3.40. The molecule has 1 heterocycles. The fraction of sp³-hybridized carbons (Fsp3) is 0.389. The van der Waals surface area contributed by atoms with Crippen LogP contribution >= 0.6 is 0 Å². The van der Waals surface area contributed by atoms with Crippen LogP contribution in [0.15, 0.2) is 47.8 Å². The first kappa shape index (κ1) is 20.0. The van der Waals surface area contributed by atoms with Gasteiger partial charge in [-0.15, -0.1) is 0 Å². The van der Waals surface area contributed by atoms with Crippen molar-refractivity contribution in [3.8, 4) is 0 Å². The Morgan fingerprint density at radius 2 is 2.08 bits per heavy atom. The number of sulfonamides is 1. The van der Waals surface area contributed by atoms with Crippen LogP contribution in [0, 0.1) is 5.92 Å². The molecular formula is C18H24N4O3S. The second-order valence-corrected chi connectivity index (χ2v) is 8.25. The summed E-state index contributed by atoms with van der Waals surface area (Å²) in [6.07, 6.45) is 5.52. The van der Waals surface area contributed by atoms with Crippen LogP contribution in [-0.2, 0) is 16.6 Å². The molecule has 0 bridgehead atoms. The van der Waals surface area contributed by atoms with Crippen molar-refractivity contribution >= 4 is 15.9 Å². The number of nitrogens with one attached hydrogen (secondary N) is 1. The van der Waals surface area contributed by atoms with Crippen LogP contribution in [0.4, 0.5) is 0 Å². The Hall–Kier alpha value is -2.32. The number of hydrogen-bond acceptors (Lipinski definition) is 5. The van der Waals surface area contributed by atoms with Gasteiger partial charge in [0.2, 0.25) is 10.0 Å². The van der Waals surface area contributed by atoms with E-state index >= 15 is 0 Å². The number of amides is 1. The van der Waals surface area contributed by atoms with Gasteiger partial charge in [0.05, 0.1) is 17.1 Å². The smallest absolute Gasteiger partial charge is 0.251 e. The van der Waals surface area contributed by atoms with Gasteiger partial charge in [-0.2, -0.15) is 4.31 Å². The summed E-state index contributed by atoms with van der Waals surface area (Å²) in [6.45, 7) is 4.75. The average Bonchev–Trinajstić information content (AvgIpc) is 2.66. The van der Waals surface area contributed by atoms with Crippen molar-refractivity contribution in [1.82, 2.24) is 19.6 Å². The quantitative estimate of drug-likeness (QED) is 0.761. The minimum absolute atomic E-state index is 0.0695. The molecule has 0 radical (unpaired) electrons. The van der Waals surface area contributed by atoms with Gasteiger partial charge in [-0.05, 0) is 24.1 Å². The lowest BCUT2D eigenvalue weighted by Crippen LogP contribution is -2.29. The Balaban J connectivity index is 2.15. The third-order valence-corrected chi connectivity index (χ3v) is 5.91. The molecule has 1 atom stereocenters. The zero-order chi connectivity index (χ0) is 19.2. The maximum atomic E-state index is 12.8. The molecule has 1 aromatic heterocycles. The van der Waals surface area contributed by atoms with Crippen molar-refractivity contribution in [3.63, 3.8) is 0 Å². The molecule has 26 heavy (non-hydrogen) atoms. The zero-order valence-electron chi connectivity index (χ0n) is 15.2. The molecule has 0 fully saturated rings. The summed E-state index contributed by atoms with van der Waals surface area (Å²) in [5.74, 6) is 0.0860. The van der Waals surface area contributed by atoms with Gasteiger partial charge in [0.1, 0.15) is 0 Å². The third-order valence-electron chi connectivity index (χ3n) is 4.11. The van der Waals surface area contributed by atoms with Gasteiger partial charge in [-0.1, -0.05) is 26.3 Å². The molecule has 140 valence electrons. The molecule has 1 amide bonds. The first-order valence-electron chi connectivity index (χ1n) is 8.44. The maximum Gasteiger partial charge on any atom is 0.251 e. The number of hydrogen-bond donors (Lipinski definition) is 1. The van der Waals surface area contributed by atoms with E-state index in [-0.39, 0.29) is 17.3 Å². The van der Waals surface area contributed by atoms with Crippen molar-refractivity contribution in [3.05, 3.63) is 54.1 Å². The molecule has 0 saturated heterocycles. The Morgan fingerprint density at radius 3 is 2.73 bits per heavy atom. The van der Waals surface area contributed by atoms with Crippen molar-refractivity contribution in [2.24, 2.45) is 5.92 Å².